The van der Waals surface area contributed by atoms with E-state index in [1.807, 2.05) is 81.9 Å². The lowest BCUT2D eigenvalue weighted by Gasteiger charge is -2.30. The standard InChI is InChI=1S/C54H67N5O8S/c1-6-47(41-13-9-7-10-14-41)50(42-15-11-8-12-16-42)43-21-23-46(24-22-43)67-28-26-58(5)25-27-64-29-30-65-31-32-66-36-49(61)57-51(38(2)3)54(63)59-35-45(60)33-48(59)53(62)55-34-40-17-19-44(20-18-40)52-39(4)56-37-68-52/h7-24,37-38,45,48,51,60H,6,25-36H2,1-5H3,(H,55,62)(H,57,61)/b50-47-/t45-,48+,51+/m1/s1. The molecule has 1 aliphatic rings. The molecule has 4 aromatic carbocycles. The quantitative estimate of drug-likeness (QED) is 0.0382. The summed E-state index contributed by atoms with van der Waals surface area (Å²) in [6, 6.07) is 35.6. The van der Waals surface area contributed by atoms with Crippen LogP contribution in [0.3, 0.4) is 0 Å². The molecule has 13 nitrogen and oxygen atoms in total. The van der Waals surface area contributed by atoms with E-state index >= 15 is 0 Å². The summed E-state index contributed by atoms with van der Waals surface area (Å²) in [5, 5.41) is 16.2. The summed E-state index contributed by atoms with van der Waals surface area (Å²) in [7, 11) is 2.03. The molecule has 14 heteroatoms. The molecule has 0 aliphatic carbocycles. The summed E-state index contributed by atoms with van der Waals surface area (Å²) < 4.78 is 23.0. The maximum atomic E-state index is 13.7. The van der Waals surface area contributed by atoms with Crippen molar-refractivity contribution in [1.82, 2.24) is 25.4 Å². The number of aromatic nitrogens is 1. The van der Waals surface area contributed by atoms with Crippen LogP contribution >= 0.6 is 11.3 Å². The molecule has 0 saturated carbocycles. The second-order valence-corrected chi connectivity index (χ2v) is 18.1. The van der Waals surface area contributed by atoms with Crippen LogP contribution in [0.4, 0.5) is 0 Å². The molecule has 6 rings (SSSR count). The first-order valence-electron chi connectivity index (χ1n) is 23.6. The fraction of sp³-hybridized carbons (Fsp3) is 0.407. The number of allylic oxidation sites excluding steroid dienone is 1. The molecule has 1 aliphatic heterocycles. The van der Waals surface area contributed by atoms with E-state index in [1.165, 1.54) is 27.2 Å². The van der Waals surface area contributed by atoms with E-state index in [-0.39, 0.29) is 51.2 Å². The summed E-state index contributed by atoms with van der Waals surface area (Å²) in [6.45, 7) is 11.7. The Hall–Kier alpha value is -5.74. The molecule has 3 N–H and O–H groups in total. The first-order valence-corrected chi connectivity index (χ1v) is 24.4. The Kier molecular flexibility index (Phi) is 20.3. The summed E-state index contributed by atoms with van der Waals surface area (Å²) in [4.78, 5) is 48.9. The molecule has 0 unspecified atom stereocenters. The first kappa shape index (κ1) is 51.6. The number of benzene rings is 4. The van der Waals surface area contributed by atoms with Gasteiger partial charge in [-0.25, -0.2) is 4.98 Å². The van der Waals surface area contributed by atoms with Crippen LogP contribution in [-0.2, 0) is 35.1 Å². The minimum atomic E-state index is -0.899. The summed E-state index contributed by atoms with van der Waals surface area (Å²) in [5.74, 6) is -0.684. The highest BCUT2D eigenvalue weighted by Gasteiger charge is 2.42. The Balaban J connectivity index is 0.823. The Morgan fingerprint density at radius 3 is 2.06 bits per heavy atom. The van der Waals surface area contributed by atoms with Gasteiger partial charge in [0.2, 0.25) is 17.7 Å². The van der Waals surface area contributed by atoms with Crippen LogP contribution in [0.1, 0.15) is 61.6 Å². The number of carbonyl (C=O) groups is 3. The van der Waals surface area contributed by atoms with Gasteiger partial charge in [-0.05, 0) is 77.4 Å². The number of aryl methyl sites for hydroxylation is 1. The smallest absolute Gasteiger partial charge is 0.246 e. The van der Waals surface area contributed by atoms with Crippen molar-refractivity contribution in [3.8, 4) is 16.2 Å². The van der Waals surface area contributed by atoms with Crippen LogP contribution in [0.15, 0.2) is 115 Å². The van der Waals surface area contributed by atoms with Gasteiger partial charge < -0.3 is 44.5 Å². The summed E-state index contributed by atoms with van der Waals surface area (Å²) in [6.07, 6.45) is 0.171. The van der Waals surface area contributed by atoms with E-state index in [0.717, 1.165) is 52.5 Å². The number of thiazole rings is 1. The first-order chi connectivity index (χ1) is 33.0. The number of amides is 3. The Morgan fingerprint density at radius 1 is 0.809 bits per heavy atom. The number of rotatable bonds is 26. The van der Waals surface area contributed by atoms with E-state index in [0.29, 0.717) is 26.4 Å². The van der Waals surface area contributed by atoms with Crippen LogP contribution < -0.4 is 15.4 Å². The minimum absolute atomic E-state index is 0.00348. The Morgan fingerprint density at radius 2 is 1.43 bits per heavy atom. The van der Waals surface area contributed by atoms with Crippen LogP contribution in [0.5, 0.6) is 5.75 Å². The minimum Gasteiger partial charge on any atom is -0.492 e. The van der Waals surface area contributed by atoms with Crippen molar-refractivity contribution in [3.63, 3.8) is 0 Å². The van der Waals surface area contributed by atoms with Gasteiger partial charge in [0.25, 0.3) is 0 Å². The van der Waals surface area contributed by atoms with Crippen molar-refractivity contribution >= 4 is 40.2 Å². The Bertz CT molecular complexity index is 2360. The van der Waals surface area contributed by atoms with E-state index in [1.54, 1.807) is 11.3 Å². The zero-order valence-electron chi connectivity index (χ0n) is 40.0. The highest BCUT2D eigenvalue weighted by molar-refractivity contribution is 7.13. The molecule has 3 atom stereocenters. The third kappa shape index (κ3) is 15.1. The fourth-order valence-corrected chi connectivity index (χ4v) is 8.94. The predicted molar refractivity (Wildman–Crippen MR) is 268 cm³/mol. The number of β-amino-alcohol motifs (C(OH)–C–C–N with tert-alkyl or cyclic N) is 1. The van der Waals surface area contributed by atoms with Gasteiger partial charge in [0, 0.05) is 32.6 Å². The maximum Gasteiger partial charge on any atom is 0.246 e. The van der Waals surface area contributed by atoms with Crippen LogP contribution in [-0.4, -0.2) is 129 Å². The van der Waals surface area contributed by atoms with Crippen LogP contribution in [0.2, 0.25) is 0 Å². The number of likely N-dealkylation sites (tertiary alicyclic amines) is 1. The van der Waals surface area contributed by atoms with Gasteiger partial charge in [-0.1, -0.05) is 118 Å². The van der Waals surface area contributed by atoms with Gasteiger partial charge in [-0.2, -0.15) is 0 Å². The monoisotopic (exact) mass is 945 g/mol. The number of nitrogens with zero attached hydrogens (tertiary/aromatic N) is 3. The van der Waals surface area contributed by atoms with Crippen molar-refractivity contribution in [1.29, 1.82) is 0 Å². The molecule has 1 saturated heterocycles. The molecule has 0 spiro atoms. The van der Waals surface area contributed by atoms with Gasteiger partial charge in [-0.3, -0.25) is 14.4 Å². The topological polar surface area (TPSA) is 152 Å². The number of hydrogen-bond donors (Lipinski definition) is 3. The van der Waals surface area contributed by atoms with Crippen molar-refractivity contribution in [3.05, 3.63) is 143 Å². The number of likely N-dealkylation sites (N-methyl/N-ethyl adjacent to an activating group) is 1. The largest absolute Gasteiger partial charge is 0.492 e. The van der Waals surface area contributed by atoms with Crippen LogP contribution in [0, 0.1) is 12.8 Å². The average Bonchev–Trinajstić information content (AvgIpc) is 3.97. The van der Waals surface area contributed by atoms with Crippen LogP contribution in [0.25, 0.3) is 21.6 Å². The molecule has 0 radical (unpaired) electrons. The average molecular weight is 946 g/mol. The maximum absolute atomic E-state index is 13.7. The number of ether oxygens (including phenoxy) is 4. The van der Waals surface area contributed by atoms with E-state index in [4.69, 9.17) is 18.9 Å². The third-order valence-electron chi connectivity index (χ3n) is 11.9. The highest BCUT2D eigenvalue weighted by atomic mass is 32.1. The van der Waals surface area contributed by atoms with Gasteiger partial charge >= 0.3 is 0 Å². The lowest BCUT2D eigenvalue weighted by Crippen LogP contribution is -2.55. The molecule has 68 heavy (non-hydrogen) atoms. The molecular weight excluding hydrogens is 879 g/mol. The van der Waals surface area contributed by atoms with E-state index < -0.39 is 30.0 Å². The lowest BCUT2D eigenvalue weighted by atomic mass is 9.88. The third-order valence-corrected chi connectivity index (χ3v) is 12.8. The summed E-state index contributed by atoms with van der Waals surface area (Å²) >= 11 is 1.58. The van der Waals surface area contributed by atoms with Gasteiger partial charge in [0.1, 0.15) is 31.0 Å². The second-order valence-electron chi connectivity index (χ2n) is 17.3. The van der Waals surface area contributed by atoms with Gasteiger partial charge in [0.15, 0.2) is 0 Å². The Labute approximate surface area is 405 Å². The molecule has 1 fully saturated rings. The zero-order valence-corrected chi connectivity index (χ0v) is 40.8. The summed E-state index contributed by atoms with van der Waals surface area (Å²) in [5.41, 5.74) is 10.8. The number of nitrogens with one attached hydrogen (secondary N) is 2. The van der Waals surface area contributed by atoms with E-state index in [2.05, 4.69) is 88.1 Å². The number of aliphatic hydroxyl groups excluding tert-OH is 1. The second kappa shape index (κ2) is 26.7. The van der Waals surface area contributed by atoms with Crippen molar-refractivity contribution < 1.29 is 38.4 Å². The molecule has 1 aromatic heterocycles. The van der Waals surface area contributed by atoms with Crippen molar-refractivity contribution in [2.24, 2.45) is 5.92 Å². The number of aliphatic hydroxyl groups is 1. The lowest BCUT2D eigenvalue weighted by molar-refractivity contribution is -0.143. The van der Waals surface area contributed by atoms with Crippen molar-refractivity contribution in [2.75, 3.05) is 72.9 Å². The fourth-order valence-electron chi connectivity index (χ4n) is 8.13. The SMILES string of the molecule is CC/C(=C(\c1ccccc1)c1ccc(OCCN(C)CCOCCOCCOCC(=O)N[C@H](C(=O)N2C[C@H](O)C[C@H]2C(=O)NCc2ccc(-c3scnc3C)cc2)C(C)C)cc1)c1ccccc1. The van der Waals surface area contributed by atoms with Gasteiger partial charge in [0.05, 0.1) is 55.2 Å². The molecule has 2 heterocycles. The molecule has 5 aromatic rings. The van der Waals surface area contributed by atoms with Gasteiger partial charge in [-0.15, -0.1) is 11.3 Å². The molecular formula is C54H67N5O8S. The number of carbonyl (C=O) groups excluding carboxylic acids is 3. The predicted octanol–water partition coefficient (Wildman–Crippen LogP) is 7.27. The molecule has 3 amide bonds. The molecule has 362 valence electrons. The molecule has 0 bridgehead atoms. The number of hydrogen-bond acceptors (Lipinski definition) is 11. The zero-order chi connectivity index (χ0) is 48.3. The normalized spacial score (nSPS) is 15.6. The highest BCUT2D eigenvalue weighted by Crippen LogP contribution is 2.35. The van der Waals surface area contributed by atoms with Crippen molar-refractivity contribution in [2.45, 2.75) is 65.3 Å². The van der Waals surface area contributed by atoms with E-state index in [9.17, 15) is 19.5 Å².